The van der Waals surface area contributed by atoms with Gasteiger partial charge >= 0.3 is 5.97 Å². The number of carbonyl (C=O) groups is 4. The Balaban J connectivity index is 1.37. The van der Waals surface area contributed by atoms with Crippen molar-refractivity contribution >= 4 is 72.8 Å². The SMILES string of the molecule is Cc1ccc(Cl)cc1NC(=O)COC(=O)[C@H](C)N1C(=O)[C@@H]2[C@H]3C[C@@H]([C@H](Br)[C@H]3Br)[C@@H]2C1=O. The van der Waals surface area contributed by atoms with E-state index in [1.54, 1.807) is 18.2 Å². The summed E-state index contributed by atoms with van der Waals surface area (Å²) in [5.41, 5.74) is 1.32. The first-order chi connectivity index (χ1) is 14.6. The molecule has 2 bridgehead atoms. The van der Waals surface area contributed by atoms with Gasteiger partial charge in [-0.3, -0.25) is 19.3 Å². The normalized spacial score (nSPS) is 32.2. The van der Waals surface area contributed by atoms with E-state index in [4.69, 9.17) is 16.3 Å². The van der Waals surface area contributed by atoms with Crippen molar-refractivity contribution in [1.82, 2.24) is 4.90 Å². The molecular formula is C21H21Br2ClN2O5. The first kappa shape index (κ1) is 22.7. The van der Waals surface area contributed by atoms with Gasteiger partial charge in [-0.05, 0) is 49.8 Å². The number of fused-ring (bicyclic) bond motifs is 5. The van der Waals surface area contributed by atoms with Gasteiger partial charge in [-0.25, -0.2) is 4.79 Å². The second-order valence-corrected chi connectivity index (χ2v) is 10.9. The van der Waals surface area contributed by atoms with E-state index >= 15 is 0 Å². The fourth-order valence-electron chi connectivity index (χ4n) is 5.03. The molecule has 7 atom stereocenters. The number of aryl methyl sites for hydroxylation is 1. The van der Waals surface area contributed by atoms with Crippen molar-refractivity contribution in [3.05, 3.63) is 28.8 Å². The lowest BCUT2D eigenvalue weighted by molar-refractivity contribution is -0.159. The van der Waals surface area contributed by atoms with Crippen LogP contribution in [0.1, 0.15) is 18.9 Å². The summed E-state index contributed by atoms with van der Waals surface area (Å²) >= 11 is 13.2. The molecule has 0 spiro atoms. The average molecular weight is 577 g/mol. The Morgan fingerprint density at radius 3 is 2.35 bits per heavy atom. The maximum absolute atomic E-state index is 13.0. The smallest absolute Gasteiger partial charge is 0.329 e. The fourth-order valence-corrected chi connectivity index (χ4v) is 7.08. The molecule has 1 N–H and O–H groups in total. The highest BCUT2D eigenvalue weighted by atomic mass is 79.9. The number of nitrogens with one attached hydrogen (secondary N) is 1. The number of likely N-dealkylation sites (tertiary alicyclic amines) is 1. The minimum Gasteiger partial charge on any atom is -0.454 e. The van der Waals surface area contributed by atoms with Gasteiger partial charge in [0.15, 0.2) is 6.61 Å². The largest absolute Gasteiger partial charge is 0.454 e. The van der Waals surface area contributed by atoms with Crippen LogP contribution in [0.3, 0.4) is 0 Å². The first-order valence-corrected chi connectivity index (χ1v) is 12.2. The Morgan fingerprint density at radius 2 is 1.77 bits per heavy atom. The van der Waals surface area contributed by atoms with Crippen LogP contribution in [-0.4, -0.2) is 50.9 Å². The van der Waals surface area contributed by atoms with Crippen molar-refractivity contribution in [3.63, 3.8) is 0 Å². The van der Waals surface area contributed by atoms with Crippen LogP contribution >= 0.6 is 43.5 Å². The molecule has 1 heterocycles. The highest BCUT2D eigenvalue weighted by molar-refractivity contribution is 9.12. The van der Waals surface area contributed by atoms with E-state index in [9.17, 15) is 19.2 Å². The van der Waals surface area contributed by atoms with Crippen molar-refractivity contribution < 1.29 is 23.9 Å². The van der Waals surface area contributed by atoms with Gasteiger partial charge in [-0.15, -0.1) is 0 Å². The topological polar surface area (TPSA) is 92.8 Å². The van der Waals surface area contributed by atoms with Gasteiger partial charge in [0.2, 0.25) is 11.8 Å². The van der Waals surface area contributed by atoms with Gasteiger partial charge in [0.05, 0.1) is 11.8 Å². The molecule has 0 unspecified atom stereocenters. The molecule has 3 amide bonds. The Hall–Kier alpha value is -1.45. The van der Waals surface area contributed by atoms with E-state index in [0.717, 1.165) is 16.9 Å². The zero-order valence-corrected chi connectivity index (χ0v) is 20.7. The molecule has 3 aliphatic rings. The predicted molar refractivity (Wildman–Crippen MR) is 121 cm³/mol. The average Bonchev–Trinajstić information content (AvgIpc) is 3.33. The summed E-state index contributed by atoms with van der Waals surface area (Å²) in [4.78, 5) is 52.0. The van der Waals surface area contributed by atoms with Crippen LogP contribution in [0, 0.1) is 30.6 Å². The number of hydrogen-bond acceptors (Lipinski definition) is 5. The van der Waals surface area contributed by atoms with Crippen LogP contribution in [0.4, 0.5) is 5.69 Å². The molecule has 0 radical (unpaired) electrons. The van der Waals surface area contributed by atoms with Crippen molar-refractivity contribution in [2.24, 2.45) is 23.7 Å². The predicted octanol–water partition coefficient (Wildman–Crippen LogP) is 3.30. The molecule has 2 saturated carbocycles. The number of imide groups is 1. The van der Waals surface area contributed by atoms with Crippen molar-refractivity contribution in [2.75, 3.05) is 11.9 Å². The lowest BCUT2D eigenvalue weighted by atomic mass is 9.81. The summed E-state index contributed by atoms with van der Waals surface area (Å²) in [7, 11) is 0. The third-order valence-corrected chi connectivity index (χ3v) is 10.0. The van der Waals surface area contributed by atoms with Crippen LogP contribution in [-0.2, 0) is 23.9 Å². The summed E-state index contributed by atoms with van der Waals surface area (Å²) in [5, 5.41) is 3.10. The third kappa shape index (κ3) is 3.82. The van der Waals surface area contributed by atoms with Gasteiger partial charge in [0.1, 0.15) is 6.04 Å². The number of carbonyl (C=O) groups excluding carboxylic acids is 4. The lowest BCUT2D eigenvalue weighted by Crippen LogP contribution is -2.45. The van der Waals surface area contributed by atoms with E-state index in [1.165, 1.54) is 6.92 Å². The molecule has 4 rings (SSSR count). The standard InChI is InChI=1S/C21H21Br2ClN2O5/c1-8-3-4-10(24)5-13(8)25-14(27)7-31-21(30)9(2)26-19(28)15-11-6-12(16(15)20(26)29)18(23)17(11)22/h3-5,9,11-12,15-18H,6-7H2,1-2H3,(H,25,27)/t9-,11+,12+,15-,16+,17-,18-/m0/s1. The van der Waals surface area contributed by atoms with Crippen LogP contribution < -0.4 is 5.32 Å². The maximum Gasteiger partial charge on any atom is 0.329 e. The minimum absolute atomic E-state index is 0.0655. The lowest BCUT2D eigenvalue weighted by Gasteiger charge is -2.28. The number of ether oxygens (including phenoxy) is 1. The highest BCUT2D eigenvalue weighted by Crippen LogP contribution is 2.60. The fraction of sp³-hybridized carbons (Fsp3) is 0.524. The Morgan fingerprint density at radius 1 is 1.19 bits per heavy atom. The van der Waals surface area contributed by atoms with Gasteiger partial charge in [0.25, 0.3) is 5.91 Å². The van der Waals surface area contributed by atoms with Crippen molar-refractivity contribution in [2.45, 2.75) is 36.0 Å². The Kier molecular flexibility index (Phi) is 6.22. The van der Waals surface area contributed by atoms with Crippen molar-refractivity contribution in [1.29, 1.82) is 0 Å². The number of nitrogens with zero attached hydrogens (tertiary/aromatic N) is 1. The molecular weight excluding hydrogens is 556 g/mol. The molecule has 0 aromatic heterocycles. The number of anilines is 1. The Bertz CT molecular complexity index is 941. The number of rotatable bonds is 5. The summed E-state index contributed by atoms with van der Waals surface area (Å²) in [6.45, 7) is 2.73. The zero-order chi connectivity index (χ0) is 22.6. The van der Waals surface area contributed by atoms with E-state index in [-0.39, 0.29) is 33.3 Å². The summed E-state index contributed by atoms with van der Waals surface area (Å²) in [6.07, 6.45) is 0.814. The maximum atomic E-state index is 13.0. The van der Waals surface area contributed by atoms with E-state index < -0.39 is 36.4 Å². The van der Waals surface area contributed by atoms with Gasteiger partial charge in [0, 0.05) is 20.4 Å². The zero-order valence-electron chi connectivity index (χ0n) is 16.8. The number of benzene rings is 1. The molecule has 1 aromatic rings. The molecule has 166 valence electrons. The van der Waals surface area contributed by atoms with E-state index in [2.05, 4.69) is 37.2 Å². The molecule has 2 aliphatic carbocycles. The molecule has 1 aliphatic heterocycles. The molecule has 7 nitrogen and oxygen atoms in total. The number of amides is 3. The van der Waals surface area contributed by atoms with Gasteiger partial charge in [-0.2, -0.15) is 0 Å². The quantitative estimate of drug-likeness (QED) is 0.330. The first-order valence-electron chi connectivity index (χ1n) is 9.99. The minimum atomic E-state index is -1.09. The molecule has 3 fully saturated rings. The summed E-state index contributed by atoms with van der Waals surface area (Å²) in [5.74, 6) is -2.65. The van der Waals surface area contributed by atoms with Crippen molar-refractivity contribution in [3.8, 4) is 0 Å². The van der Waals surface area contributed by atoms with Gasteiger partial charge < -0.3 is 10.1 Å². The van der Waals surface area contributed by atoms with E-state index in [0.29, 0.717) is 10.7 Å². The van der Waals surface area contributed by atoms with E-state index in [1.807, 2.05) is 6.92 Å². The second kappa shape index (κ2) is 8.48. The second-order valence-electron chi connectivity index (χ2n) is 8.34. The van der Waals surface area contributed by atoms with Crippen LogP contribution in [0.25, 0.3) is 0 Å². The third-order valence-electron chi connectivity index (χ3n) is 6.57. The molecule has 10 heteroatoms. The molecule has 31 heavy (non-hydrogen) atoms. The summed E-state index contributed by atoms with van der Waals surface area (Å²) < 4.78 is 5.10. The number of esters is 1. The van der Waals surface area contributed by atoms with Crippen LogP contribution in [0.5, 0.6) is 0 Å². The number of hydrogen-bond donors (Lipinski definition) is 1. The molecule has 1 aromatic carbocycles. The monoisotopic (exact) mass is 574 g/mol. The highest BCUT2D eigenvalue weighted by Gasteiger charge is 2.67. The van der Waals surface area contributed by atoms with Gasteiger partial charge in [-0.1, -0.05) is 49.5 Å². The number of halogens is 3. The molecule has 1 saturated heterocycles. The van der Waals surface area contributed by atoms with Crippen LogP contribution in [0.15, 0.2) is 18.2 Å². The van der Waals surface area contributed by atoms with Crippen LogP contribution in [0.2, 0.25) is 5.02 Å². The Labute approximate surface area is 201 Å². The summed E-state index contributed by atoms with van der Waals surface area (Å²) in [6, 6.07) is 3.97. The number of alkyl halides is 2.